The number of halogens is 1. The minimum atomic E-state index is 0.0410. The maximum Gasteiger partial charge on any atom is 0.196 e. The van der Waals surface area contributed by atoms with E-state index in [2.05, 4.69) is 65.1 Å². The predicted octanol–water partition coefficient (Wildman–Crippen LogP) is 7.02. The summed E-state index contributed by atoms with van der Waals surface area (Å²) in [6.45, 7) is 6.63. The van der Waals surface area contributed by atoms with Gasteiger partial charge in [-0.15, -0.1) is 10.2 Å². The quantitative estimate of drug-likeness (QED) is 0.170. The molecule has 1 heterocycles. The summed E-state index contributed by atoms with van der Waals surface area (Å²) in [6, 6.07) is 23.6. The third kappa shape index (κ3) is 5.77. The van der Waals surface area contributed by atoms with Gasteiger partial charge in [-0.05, 0) is 54.3 Å². The summed E-state index contributed by atoms with van der Waals surface area (Å²) in [4.78, 5) is 12.7. The zero-order valence-electron chi connectivity index (χ0n) is 19.4. The van der Waals surface area contributed by atoms with E-state index in [-0.39, 0.29) is 18.1 Å². The normalized spacial score (nSPS) is 11.1. The molecule has 0 atom stereocenters. The largest absolute Gasteiger partial charge is 0.485 e. The molecule has 0 radical (unpaired) electrons. The number of para-hydroxylation sites is 1. The molecule has 0 unspecified atom stereocenters. The fourth-order valence-electron chi connectivity index (χ4n) is 3.56. The lowest BCUT2D eigenvalue weighted by atomic mass is 10.0. The van der Waals surface area contributed by atoms with Crippen molar-refractivity contribution in [1.82, 2.24) is 14.8 Å². The second-order valence-electron chi connectivity index (χ2n) is 8.27. The SMILES string of the molecule is Cc1ccc(C(C)C)c(OCc2nnc(SCC(=O)c3ccc(Br)cc3)n2-c2ccccc2)c1. The molecular formula is C27H26BrN3O2S. The van der Waals surface area contributed by atoms with E-state index < -0.39 is 0 Å². The Morgan fingerprint density at radius 3 is 2.47 bits per heavy atom. The average molecular weight is 536 g/mol. The van der Waals surface area contributed by atoms with Crippen LogP contribution in [0.5, 0.6) is 5.75 Å². The van der Waals surface area contributed by atoms with Gasteiger partial charge in [0.2, 0.25) is 0 Å². The van der Waals surface area contributed by atoms with Gasteiger partial charge in [-0.1, -0.05) is 84.0 Å². The lowest BCUT2D eigenvalue weighted by Crippen LogP contribution is -2.09. The Balaban J connectivity index is 1.57. The highest BCUT2D eigenvalue weighted by Crippen LogP contribution is 2.29. The van der Waals surface area contributed by atoms with E-state index in [1.54, 1.807) is 0 Å². The Morgan fingerprint density at radius 2 is 1.76 bits per heavy atom. The third-order valence-electron chi connectivity index (χ3n) is 5.36. The maximum absolute atomic E-state index is 12.7. The van der Waals surface area contributed by atoms with E-state index in [1.165, 1.54) is 11.8 Å². The topological polar surface area (TPSA) is 57.0 Å². The van der Waals surface area contributed by atoms with Crippen molar-refractivity contribution in [2.75, 3.05) is 5.75 Å². The molecule has 0 saturated heterocycles. The van der Waals surface area contributed by atoms with Crippen LogP contribution < -0.4 is 4.74 Å². The molecule has 1 aromatic heterocycles. The number of aromatic nitrogens is 3. The van der Waals surface area contributed by atoms with Crippen LogP contribution in [-0.2, 0) is 6.61 Å². The summed E-state index contributed by atoms with van der Waals surface area (Å²) in [5.74, 6) is 2.19. The molecule has 0 saturated carbocycles. The standard InChI is InChI=1S/C27H26BrN3O2S/c1-18(2)23-14-9-19(3)15-25(23)33-16-26-29-30-27(31(26)22-7-5-4-6-8-22)34-17-24(32)20-10-12-21(28)13-11-20/h4-15,18H,16-17H2,1-3H3. The van der Waals surface area contributed by atoms with E-state index in [0.29, 0.717) is 22.5 Å². The highest BCUT2D eigenvalue weighted by atomic mass is 79.9. The fraction of sp³-hybridized carbons (Fsp3) is 0.222. The second kappa shape index (κ2) is 11.0. The molecule has 3 aromatic carbocycles. The van der Waals surface area contributed by atoms with Crippen LogP contribution in [-0.4, -0.2) is 26.3 Å². The van der Waals surface area contributed by atoms with Crippen molar-refractivity contribution < 1.29 is 9.53 Å². The lowest BCUT2D eigenvalue weighted by molar-refractivity contribution is 0.102. The third-order valence-corrected chi connectivity index (χ3v) is 6.82. The number of nitrogens with zero attached hydrogens (tertiary/aromatic N) is 3. The van der Waals surface area contributed by atoms with Gasteiger partial charge in [0.25, 0.3) is 0 Å². The first-order valence-electron chi connectivity index (χ1n) is 11.1. The molecule has 0 aliphatic heterocycles. The smallest absolute Gasteiger partial charge is 0.196 e. The Hall–Kier alpha value is -2.90. The number of aryl methyl sites for hydroxylation is 1. The van der Waals surface area contributed by atoms with E-state index in [1.807, 2.05) is 59.2 Å². The van der Waals surface area contributed by atoms with Crippen molar-refractivity contribution in [2.45, 2.75) is 38.5 Å². The summed E-state index contributed by atoms with van der Waals surface area (Å²) < 4.78 is 9.15. The van der Waals surface area contributed by atoms with E-state index in [4.69, 9.17) is 4.74 Å². The molecule has 5 nitrogen and oxygen atoms in total. The van der Waals surface area contributed by atoms with Gasteiger partial charge in [0, 0.05) is 15.7 Å². The van der Waals surface area contributed by atoms with Crippen molar-refractivity contribution in [2.24, 2.45) is 0 Å². The van der Waals surface area contributed by atoms with Crippen LogP contribution in [0.4, 0.5) is 0 Å². The number of hydrogen-bond acceptors (Lipinski definition) is 5. The highest BCUT2D eigenvalue weighted by Gasteiger charge is 2.18. The van der Waals surface area contributed by atoms with Crippen LogP contribution in [0.25, 0.3) is 5.69 Å². The van der Waals surface area contributed by atoms with Gasteiger partial charge in [-0.3, -0.25) is 9.36 Å². The van der Waals surface area contributed by atoms with Crippen LogP contribution in [0.15, 0.2) is 82.4 Å². The minimum Gasteiger partial charge on any atom is -0.485 e. The highest BCUT2D eigenvalue weighted by molar-refractivity contribution is 9.10. The Labute approximate surface area is 212 Å². The van der Waals surface area contributed by atoms with Crippen LogP contribution in [0.3, 0.4) is 0 Å². The number of benzene rings is 3. The molecule has 0 bridgehead atoms. The molecular weight excluding hydrogens is 510 g/mol. The summed E-state index contributed by atoms with van der Waals surface area (Å²) in [5.41, 5.74) is 3.90. The summed E-state index contributed by atoms with van der Waals surface area (Å²) in [7, 11) is 0. The molecule has 7 heteroatoms. The van der Waals surface area contributed by atoms with Crippen LogP contribution in [0.2, 0.25) is 0 Å². The predicted molar refractivity (Wildman–Crippen MR) is 140 cm³/mol. The van der Waals surface area contributed by atoms with Gasteiger partial charge in [-0.25, -0.2) is 0 Å². The number of hydrogen-bond donors (Lipinski definition) is 0. The molecule has 4 rings (SSSR count). The van der Waals surface area contributed by atoms with Crippen molar-refractivity contribution in [1.29, 1.82) is 0 Å². The first-order chi connectivity index (χ1) is 16.4. The number of thioether (sulfide) groups is 1. The van der Waals surface area contributed by atoms with Crippen molar-refractivity contribution in [3.05, 3.63) is 99.8 Å². The first kappa shape index (κ1) is 24.2. The lowest BCUT2D eigenvalue weighted by Gasteiger charge is -2.15. The molecule has 34 heavy (non-hydrogen) atoms. The van der Waals surface area contributed by atoms with Crippen molar-refractivity contribution in [3.63, 3.8) is 0 Å². The average Bonchev–Trinajstić information content (AvgIpc) is 3.24. The Morgan fingerprint density at radius 1 is 1.03 bits per heavy atom. The summed E-state index contributed by atoms with van der Waals surface area (Å²) >= 11 is 4.78. The fourth-order valence-corrected chi connectivity index (χ4v) is 4.69. The van der Waals surface area contributed by atoms with Gasteiger partial charge in [-0.2, -0.15) is 0 Å². The Kier molecular flexibility index (Phi) is 7.85. The number of rotatable bonds is 9. The number of Topliss-reactive ketones (excluding diaryl/α,β-unsaturated/α-hetero) is 1. The number of carbonyl (C=O) groups excluding carboxylic acids is 1. The monoisotopic (exact) mass is 535 g/mol. The molecule has 0 aliphatic rings. The molecule has 0 amide bonds. The van der Waals surface area contributed by atoms with E-state index >= 15 is 0 Å². The van der Waals surface area contributed by atoms with Gasteiger partial charge >= 0.3 is 0 Å². The van der Waals surface area contributed by atoms with Gasteiger partial charge in [0.15, 0.2) is 16.8 Å². The number of carbonyl (C=O) groups is 1. The van der Waals surface area contributed by atoms with Crippen LogP contribution >= 0.6 is 27.7 Å². The second-order valence-corrected chi connectivity index (χ2v) is 10.1. The first-order valence-corrected chi connectivity index (χ1v) is 12.8. The molecule has 4 aromatic rings. The van der Waals surface area contributed by atoms with E-state index in [9.17, 15) is 4.79 Å². The minimum absolute atomic E-state index is 0.0410. The summed E-state index contributed by atoms with van der Waals surface area (Å²) in [6.07, 6.45) is 0. The van der Waals surface area contributed by atoms with Crippen molar-refractivity contribution in [3.8, 4) is 11.4 Å². The molecule has 0 aliphatic carbocycles. The van der Waals surface area contributed by atoms with Crippen molar-refractivity contribution >= 4 is 33.5 Å². The zero-order valence-corrected chi connectivity index (χ0v) is 21.8. The van der Waals surface area contributed by atoms with Crippen LogP contribution in [0.1, 0.15) is 47.1 Å². The maximum atomic E-state index is 12.7. The molecule has 0 fully saturated rings. The zero-order chi connectivity index (χ0) is 24.1. The molecule has 0 spiro atoms. The number of ether oxygens (including phenoxy) is 1. The van der Waals surface area contributed by atoms with Crippen LogP contribution in [0, 0.1) is 6.92 Å². The molecule has 0 N–H and O–H groups in total. The van der Waals surface area contributed by atoms with E-state index in [0.717, 1.165) is 27.0 Å². The Bertz CT molecular complexity index is 1270. The van der Waals surface area contributed by atoms with Gasteiger partial charge < -0.3 is 4.74 Å². The van der Waals surface area contributed by atoms with Gasteiger partial charge in [0.1, 0.15) is 12.4 Å². The number of ketones is 1. The summed E-state index contributed by atoms with van der Waals surface area (Å²) in [5, 5.41) is 9.47. The van der Waals surface area contributed by atoms with Gasteiger partial charge in [0.05, 0.1) is 5.75 Å². The molecule has 174 valence electrons.